The molecule has 9 nitrogen and oxygen atoms in total. The van der Waals surface area contributed by atoms with Crippen LogP contribution in [0.15, 0.2) is 72.8 Å². The molecule has 3 N–H and O–H groups in total. The summed E-state index contributed by atoms with van der Waals surface area (Å²) >= 11 is 0. The first kappa shape index (κ1) is 22.0. The number of nitrogens with zero attached hydrogens (tertiary/aromatic N) is 3. The number of carbonyl (C=O) groups excluding carboxylic acids is 1. The average Bonchev–Trinajstić information content (AvgIpc) is 3.19. The molecule has 1 aliphatic heterocycles. The molecular formula is C25H26N6O3. The number of nitrogens with one attached hydrogen (secondary N) is 3. The Labute approximate surface area is 196 Å². The molecule has 1 aliphatic rings. The van der Waals surface area contributed by atoms with Crippen LogP contribution in [0.2, 0.25) is 0 Å². The zero-order valence-corrected chi connectivity index (χ0v) is 18.6. The fraction of sp³-hybridized carbons (Fsp3) is 0.240. The Balaban J connectivity index is 1.36. The number of fused-ring (bicyclic) bond motifs is 3. The van der Waals surface area contributed by atoms with Crippen molar-refractivity contribution in [2.45, 2.75) is 12.7 Å². The lowest BCUT2D eigenvalue weighted by atomic mass is 10.1. The summed E-state index contributed by atoms with van der Waals surface area (Å²) < 4.78 is 2.02. The summed E-state index contributed by atoms with van der Waals surface area (Å²) in [5.74, 6) is -0.173. The van der Waals surface area contributed by atoms with E-state index in [1.807, 2.05) is 41.0 Å². The van der Waals surface area contributed by atoms with Crippen molar-refractivity contribution in [2.75, 3.05) is 26.2 Å². The maximum absolute atomic E-state index is 13.0. The molecule has 1 saturated heterocycles. The smallest absolute Gasteiger partial charge is 0.269 e. The van der Waals surface area contributed by atoms with Gasteiger partial charge in [0, 0.05) is 60.1 Å². The zero-order chi connectivity index (χ0) is 23.5. The minimum Gasteiger partial charge on any atom is -0.331 e. The molecule has 5 rings (SSSR count). The van der Waals surface area contributed by atoms with Gasteiger partial charge in [0.25, 0.3) is 11.6 Å². The Hall–Kier alpha value is -3.79. The van der Waals surface area contributed by atoms with Crippen LogP contribution in [0.3, 0.4) is 0 Å². The van der Waals surface area contributed by atoms with Crippen molar-refractivity contribution in [2.24, 2.45) is 0 Å². The topological polar surface area (TPSA) is 104 Å². The lowest BCUT2D eigenvalue weighted by Crippen LogP contribution is -2.53. The minimum absolute atomic E-state index is 0.0400. The Morgan fingerprint density at radius 2 is 1.53 bits per heavy atom. The summed E-state index contributed by atoms with van der Waals surface area (Å²) in [6.45, 7) is 3.41. The molecule has 0 saturated carbocycles. The van der Waals surface area contributed by atoms with Crippen LogP contribution in [0.1, 0.15) is 11.7 Å². The van der Waals surface area contributed by atoms with Crippen LogP contribution in [-0.4, -0.2) is 46.5 Å². The molecule has 1 aromatic heterocycles. The van der Waals surface area contributed by atoms with E-state index in [1.54, 1.807) is 12.1 Å². The van der Waals surface area contributed by atoms with Crippen molar-refractivity contribution in [3.05, 3.63) is 88.5 Å². The highest BCUT2D eigenvalue weighted by Crippen LogP contribution is 2.28. The van der Waals surface area contributed by atoms with Gasteiger partial charge in [0.15, 0.2) is 0 Å². The van der Waals surface area contributed by atoms with Gasteiger partial charge in [-0.25, -0.2) is 5.43 Å². The van der Waals surface area contributed by atoms with E-state index in [2.05, 4.69) is 33.2 Å². The fourth-order valence-electron chi connectivity index (χ4n) is 4.61. The monoisotopic (exact) mass is 458 g/mol. The maximum Gasteiger partial charge on any atom is 0.269 e. The number of para-hydroxylation sites is 2. The van der Waals surface area contributed by atoms with Crippen LogP contribution >= 0.6 is 0 Å². The predicted molar refractivity (Wildman–Crippen MR) is 131 cm³/mol. The summed E-state index contributed by atoms with van der Waals surface area (Å²) in [5.41, 5.74) is 8.96. The highest BCUT2D eigenvalue weighted by atomic mass is 16.6. The molecule has 0 aliphatic carbocycles. The van der Waals surface area contributed by atoms with Gasteiger partial charge in [0.05, 0.1) is 4.92 Å². The third-order valence-corrected chi connectivity index (χ3v) is 6.27. The molecule has 3 aromatic carbocycles. The number of piperazine rings is 1. The zero-order valence-electron chi connectivity index (χ0n) is 18.6. The van der Waals surface area contributed by atoms with Crippen molar-refractivity contribution < 1.29 is 9.72 Å². The van der Waals surface area contributed by atoms with Gasteiger partial charge < -0.3 is 9.88 Å². The first-order valence-corrected chi connectivity index (χ1v) is 11.3. The first-order chi connectivity index (χ1) is 16.6. The van der Waals surface area contributed by atoms with E-state index < -0.39 is 4.92 Å². The molecule has 4 aromatic rings. The molecule has 0 radical (unpaired) electrons. The van der Waals surface area contributed by atoms with Gasteiger partial charge in [-0.05, 0) is 29.8 Å². The predicted octanol–water partition coefficient (Wildman–Crippen LogP) is 2.93. The quantitative estimate of drug-likeness (QED) is 0.291. The van der Waals surface area contributed by atoms with Crippen LogP contribution in [0, 0.1) is 10.1 Å². The molecule has 1 unspecified atom stereocenters. The standard InChI is InChI=1S/C25H26N6O3/c32-24(17-30-22-7-3-1-5-20(22)21-6-2-4-8-23(21)30)27-28-25(29-15-13-26-14-16-29)18-9-11-19(12-10-18)31(33)34/h1-12,25-26,28H,13-17H2,(H,27,32). The second kappa shape index (κ2) is 9.60. The van der Waals surface area contributed by atoms with Gasteiger partial charge >= 0.3 is 0 Å². The molecule has 9 heteroatoms. The summed E-state index contributed by atoms with van der Waals surface area (Å²) in [6.07, 6.45) is -0.301. The SMILES string of the molecule is O=C(Cn1c2ccccc2c2ccccc21)NNC(c1ccc([N+](=O)[O-])cc1)N1CCNCC1. The van der Waals surface area contributed by atoms with E-state index in [9.17, 15) is 14.9 Å². The van der Waals surface area contributed by atoms with E-state index >= 15 is 0 Å². The molecule has 1 fully saturated rings. The van der Waals surface area contributed by atoms with Gasteiger partial charge in [-0.1, -0.05) is 36.4 Å². The Morgan fingerprint density at radius 1 is 0.941 bits per heavy atom. The number of hydrogen-bond acceptors (Lipinski definition) is 6. The maximum atomic E-state index is 13.0. The summed E-state index contributed by atoms with van der Waals surface area (Å²) in [7, 11) is 0. The van der Waals surface area contributed by atoms with Crippen LogP contribution in [-0.2, 0) is 11.3 Å². The lowest BCUT2D eigenvalue weighted by Gasteiger charge is -2.35. The van der Waals surface area contributed by atoms with E-state index in [0.29, 0.717) is 0 Å². The fourth-order valence-corrected chi connectivity index (χ4v) is 4.61. The third kappa shape index (κ3) is 4.36. The number of benzene rings is 3. The molecule has 1 amide bonds. The average molecular weight is 459 g/mol. The van der Waals surface area contributed by atoms with Gasteiger partial charge in [0.1, 0.15) is 12.7 Å². The van der Waals surface area contributed by atoms with E-state index in [0.717, 1.165) is 53.5 Å². The summed E-state index contributed by atoms with van der Waals surface area (Å²) in [6, 6.07) is 22.6. The lowest BCUT2D eigenvalue weighted by molar-refractivity contribution is -0.384. The number of aromatic nitrogens is 1. The molecule has 1 atom stereocenters. The van der Waals surface area contributed by atoms with Crippen molar-refractivity contribution in [1.29, 1.82) is 0 Å². The number of carbonyl (C=O) groups is 1. The number of non-ortho nitro benzene ring substituents is 1. The Kier molecular flexibility index (Phi) is 6.22. The number of hydrazine groups is 1. The molecule has 0 spiro atoms. The molecule has 174 valence electrons. The summed E-state index contributed by atoms with van der Waals surface area (Å²) in [4.78, 5) is 25.9. The third-order valence-electron chi connectivity index (χ3n) is 6.27. The van der Waals surface area contributed by atoms with Gasteiger partial charge in [-0.3, -0.25) is 25.2 Å². The molecule has 34 heavy (non-hydrogen) atoms. The van der Waals surface area contributed by atoms with Gasteiger partial charge in [0.2, 0.25) is 0 Å². The second-order valence-corrected chi connectivity index (χ2v) is 8.35. The largest absolute Gasteiger partial charge is 0.331 e. The molecule has 2 heterocycles. The number of hydrogen-bond donors (Lipinski definition) is 3. The van der Waals surface area contributed by atoms with E-state index in [-0.39, 0.29) is 24.3 Å². The molecular weight excluding hydrogens is 432 g/mol. The highest BCUT2D eigenvalue weighted by molar-refractivity contribution is 6.08. The number of nitro benzene ring substituents is 1. The van der Waals surface area contributed by atoms with Crippen molar-refractivity contribution >= 4 is 33.4 Å². The van der Waals surface area contributed by atoms with E-state index in [1.165, 1.54) is 12.1 Å². The van der Waals surface area contributed by atoms with Gasteiger partial charge in [-0.2, -0.15) is 0 Å². The number of amides is 1. The Morgan fingerprint density at radius 3 is 2.12 bits per heavy atom. The van der Waals surface area contributed by atoms with Crippen molar-refractivity contribution in [3.63, 3.8) is 0 Å². The number of nitro groups is 1. The second-order valence-electron chi connectivity index (χ2n) is 8.35. The van der Waals surface area contributed by atoms with E-state index in [4.69, 9.17) is 0 Å². The van der Waals surface area contributed by atoms with Crippen LogP contribution in [0.5, 0.6) is 0 Å². The highest BCUT2D eigenvalue weighted by Gasteiger charge is 2.23. The summed E-state index contributed by atoms with van der Waals surface area (Å²) in [5, 5.41) is 16.6. The van der Waals surface area contributed by atoms with Gasteiger partial charge in [-0.15, -0.1) is 0 Å². The van der Waals surface area contributed by atoms with Crippen molar-refractivity contribution in [1.82, 2.24) is 25.6 Å². The Bertz CT molecular complexity index is 1270. The normalized spacial score (nSPS) is 15.4. The van der Waals surface area contributed by atoms with Crippen LogP contribution in [0.4, 0.5) is 5.69 Å². The molecule has 0 bridgehead atoms. The van der Waals surface area contributed by atoms with Crippen LogP contribution < -0.4 is 16.2 Å². The first-order valence-electron chi connectivity index (χ1n) is 11.3. The van der Waals surface area contributed by atoms with Crippen molar-refractivity contribution in [3.8, 4) is 0 Å². The number of rotatable bonds is 7. The minimum atomic E-state index is -0.412. The van der Waals surface area contributed by atoms with Crippen LogP contribution in [0.25, 0.3) is 21.8 Å².